The van der Waals surface area contributed by atoms with Crippen LogP contribution in [0.5, 0.6) is 0 Å². The van der Waals surface area contributed by atoms with Crippen molar-refractivity contribution < 1.29 is 23.5 Å². The number of anilines is 1. The Hall–Kier alpha value is -4.98. The molecule has 0 unspecified atom stereocenters. The number of carbonyl (C=O) groups is 3. The van der Waals surface area contributed by atoms with Crippen molar-refractivity contribution in [1.29, 1.82) is 0 Å². The quantitative estimate of drug-likeness (QED) is 0.308. The molecule has 202 valence electrons. The molecule has 0 radical (unpaired) electrons. The molecular weight excluding hydrogens is 509 g/mol. The molecule has 1 saturated heterocycles. The highest BCUT2D eigenvalue weighted by atomic mass is 19.1. The van der Waals surface area contributed by atoms with E-state index in [1.54, 1.807) is 36.2 Å². The van der Waals surface area contributed by atoms with Gasteiger partial charge in [0.25, 0.3) is 5.91 Å². The van der Waals surface area contributed by atoms with Crippen molar-refractivity contribution in [2.75, 3.05) is 12.4 Å². The van der Waals surface area contributed by atoms with Gasteiger partial charge in [-0.3, -0.25) is 14.5 Å². The maximum absolute atomic E-state index is 13.8. The third-order valence-corrected chi connectivity index (χ3v) is 6.78. The maximum atomic E-state index is 13.8. The first-order chi connectivity index (χ1) is 19.4. The monoisotopic (exact) mass is 537 g/mol. The molecule has 8 heteroatoms. The average Bonchev–Trinajstić information content (AvgIpc) is 3.29. The zero-order valence-electron chi connectivity index (χ0n) is 21.9. The van der Waals surface area contributed by atoms with Crippen LogP contribution in [0.4, 0.5) is 14.9 Å². The topological polar surface area (TPSA) is 79.0 Å². The predicted octanol–water partition coefficient (Wildman–Crippen LogP) is 5.80. The number of carbonyl (C=O) groups excluding carboxylic acids is 3. The van der Waals surface area contributed by atoms with Gasteiger partial charge in [-0.05, 0) is 53.1 Å². The Morgan fingerprint density at radius 1 is 0.850 bits per heavy atom. The van der Waals surface area contributed by atoms with E-state index in [0.29, 0.717) is 23.4 Å². The lowest BCUT2D eigenvalue weighted by molar-refractivity contribution is -0.136. The van der Waals surface area contributed by atoms with Crippen molar-refractivity contribution in [2.45, 2.75) is 25.2 Å². The molecule has 5 rings (SSSR count). The molecule has 0 spiro atoms. The van der Waals surface area contributed by atoms with Crippen molar-refractivity contribution in [3.8, 4) is 0 Å². The molecule has 40 heavy (non-hydrogen) atoms. The third-order valence-electron chi connectivity index (χ3n) is 6.78. The largest absolute Gasteiger partial charge is 0.438 e. The van der Waals surface area contributed by atoms with Crippen LogP contribution >= 0.6 is 0 Å². The van der Waals surface area contributed by atoms with Gasteiger partial charge < -0.3 is 15.0 Å². The Labute approximate surface area is 231 Å². The Kier molecular flexibility index (Phi) is 7.87. The molecule has 1 N–H and O–H groups in total. The van der Waals surface area contributed by atoms with Crippen LogP contribution in [0.3, 0.4) is 0 Å². The van der Waals surface area contributed by atoms with E-state index in [0.717, 1.165) is 11.1 Å². The Morgan fingerprint density at radius 3 is 2.08 bits per heavy atom. The van der Waals surface area contributed by atoms with Crippen LogP contribution in [-0.4, -0.2) is 40.8 Å². The van der Waals surface area contributed by atoms with Gasteiger partial charge in [0.05, 0.1) is 6.54 Å². The van der Waals surface area contributed by atoms with E-state index in [2.05, 4.69) is 5.32 Å². The third kappa shape index (κ3) is 6.02. The van der Waals surface area contributed by atoms with E-state index in [4.69, 9.17) is 4.74 Å². The molecule has 0 bridgehead atoms. The fourth-order valence-electron chi connectivity index (χ4n) is 4.70. The molecule has 0 aromatic heterocycles. The zero-order chi connectivity index (χ0) is 28.1. The van der Waals surface area contributed by atoms with Gasteiger partial charge in [-0.25, -0.2) is 9.18 Å². The summed E-state index contributed by atoms with van der Waals surface area (Å²) in [4.78, 5) is 42.5. The van der Waals surface area contributed by atoms with E-state index in [-0.39, 0.29) is 18.4 Å². The van der Waals surface area contributed by atoms with Crippen LogP contribution < -0.4 is 5.32 Å². The number of hydrogen-bond acceptors (Lipinski definition) is 4. The molecule has 2 atom stereocenters. The van der Waals surface area contributed by atoms with Crippen LogP contribution in [0.1, 0.15) is 33.2 Å². The van der Waals surface area contributed by atoms with Gasteiger partial charge in [-0.2, -0.15) is 0 Å². The number of hydrogen-bond donors (Lipinski definition) is 1. The van der Waals surface area contributed by atoms with E-state index in [1.807, 2.05) is 60.7 Å². The van der Waals surface area contributed by atoms with E-state index in [1.165, 1.54) is 29.2 Å². The van der Waals surface area contributed by atoms with Crippen molar-refractivity contribution in [2.24, 2.45) is 0 Å². The summed E-state index contributed by atoms with van der Waals surface area (Å²) in [6.45, 7) is 0.599. The van der Waals surface area contributed by atoms with Gasteiger partial charge in [0, 0.05) is 24.8 Å². The number of cyclic esters (lactones) is 1. The highest BCUT2D eigenvalue weighted by Crippen LogP contribution is 2.35. The summed E-state index contributed by atoms with van der Waals surface area (Å²) in [5, 5.41) is 2.77. The second-order valence-corrected chi connectivity index (χ2v) is 9.63. The molecule has 1 aliphatic heterocycles. The lowest BCUT2D eigenvalue weighted by atomic mass is 9.99. The molecule has 1 fully saturated rings. The van der Waals surface area contributed by atoms with Gasteiger partial charge >= 0.3 is 6.09 Å². The van der Waals surface area contributed by atoms with Crippen molar-refractivity contribution in [3.63, 3.8) is 0 Å². The first kappa shape index (κ1) is 26.6. The van der Waals surface area contributed by atoms with Gasteiger partial charge in [-0.15, -0.1) is 0 Å². The second kappa shape index (κ2) is 11.8. The Morgan fingerprint density at radius 2 is 1.45 bits per heavy atom. The first-order valence-corrected chi connectivity index (χ1v) is 12.9. The predicted molar refractivity (Wildman–Crippen MR) is 149 cm³/mol. The van der Waals surface area contributed by atoms with Gasteiger partial charge in [0.15, 0.2) is 12.1 Å². The summed E-state index contributed by atoms with van der Waals surface area (Å²) < 4.78 is 19.0. The summed E-state index contributed by atoms with van der Waals surface area (Å²) in [6.07, 6.45) is -1.42. The van der Waals surface area contributed by atoms with Crippen molar-refractivity contribution in [3.05, 3.63) is 137 Å². The molecule has 4 aromatic rings. The van der Waals surface area contributed by atoms with Crippen LogP contribution in [0.15, 0.2) is 109 Å². The van der Waals surface area contributed by atoms with E-state index >= 15 is 0 Å². The number of likely N-dealkylation sites (N-methyl/N-ethyl adjacent to an activating group) is 1. The highest BCUT2D eigenvalue weighted by molar-refractivity contribution is 6.04. The van der Waals surface area contributed by atoms with Gasteiger partial charge in [-0.1, -0.05) is 72.8 Å². The number of amides is 3. The van der Waals surface area contributed by atoms with Gasteiger partial charge in [0.2, 0.25) is 5.91 Å². The number of benzene rings is 4. The average molecular weight is 538 g/mol. The zero-order valence-corrected chi connectivity index (χ0v) is 21.9. The van der Waals surface area contributed by atoms with E-state index < -0.39 is 24.1 Å². The SMILES string of the molecule is CN(Cc1ccccc1)C(=O)[C@@H]1[C@@H](c2ccc(NC(=O)c3ccc(F)cc3)cc2)OC(=O)N1Cc1ccccc1. The number of rotatable bonds is 8. The molecule has 1 aliphatic rings. The second-order valence-electron chi connectivity index (χ2n) is 9.63. The minimum Gasteiger partial charge on any atom is -0.438 e. The number of nitrogens with one attached hydrogen (secondary N) is 1. The molecule has 7 nitrogen and oxygen atoms in total. The fourth-order valence-corrected chi connectivity index (χ4v) is 4.70. The summed E-state index contributed by atoms with van der Waals surface area (Å²) in [5.41, 5.74) is 3.29. The molecule has 4 aromatic carbocycles. The Bertz CT molecular complexity index is 1480. The first-order valence-electron chi connectivity index (χ1n) is 12.9. The minimum absolute atomic E-state index is 0.220. The van der Waals surface area contributed by atoms with Crippen LogP contribution in [-0.2, 0) is 22.6 Å². The van der Waals surface area contributed by atoms with Crippen molar-refractivity contribution in [1.82, 2.24) is 9.80 Å². The van der Waals surface area contributed by atoms with Crippen LogP contribution in [0.25, 0.3) is 0 Å². The Balaban J connectivity index is 1.38. The lowest BCUT2D eigenvalue weighted by Gasteiger charge is -2.28. The maximum Gasteiger partial charge on any atom is 0.411 e. The minimum atomic E-state index is -0.888. The van der Waals surface area contributed by atoms with Gasteiger partial charge in [0.1, 0.15) is 5.82 Å². The normalized spacial score (nSPS) is 16.4. The molecule has 0 saturated carbocycles. The molecular formula is C32H28FN3O4. The molecule has 3 amide bonds. The smallest absolute Gasteiger partial charge is 0.411 e. The van der Waals surface area contributed by atoms with Crippen molar-refractivity contribution >= 4 is 23.6 Å². The summed E-state index contributed by atoms with van der Waals surface area (Å²) in [7, 11) is 1.71. The standard InChI is InChI=1S/C32H28FN3O4/c1-35(20-22-8-4-2-5-9-22)31(38)28-29(40-32(39)36(28)21-23-10-6-3-7-11-23)24-14-18-27(19-15-24)34-30(37)25-12-16-26(33)17-13-25/h2-19,28-29H,20-21H2,1H3,(H,34,37)/t28-,29+/m0/s1. The number of ether oxygens (including phenoxy) is 1. The van der Waals surface area contributed by atoms with Crippen LogP contribution in [0, 0.1) is 5.82 Å². The summed E-state index contributed by atoms with van der Waals surface area (Å²) >= 11 is 0. The summed E-state index contributed by atoms with van der Waals surface area (Å²) in [5.74, 6) is -1.05. The molecule has 1 heterocycles. The lowest BCUT2D eigenvalue weighted by Crippen LogP contribution is -2.46. The number of nitrogens with zero attached hydrogens (tertiary/aromatic N) is 2. The van der Waals surface area contributed by atoms with Crippen LogP contribution in [0.2, 0.25) is 0 Å². The molecule has 0 aliphatic carbocycles. The highest BCUT2D eigenvalue weighted by Gasteiger charge is 2.48. The van der Waals surface area contributed by atoms with E-state index in [9.17, 15) is 18.8 Å². The number of halogens is 1. The summed E-state index contributed by atoms with van der Waals surface area (Å²) in [6, 6.07) is 30.2. The fraction of sp³-hybridized carbons (Fsp3) is 0.156.